The molecule has 1 unspecified atom stereocenters. The molecule has 204 valence electrons. The molecule has 34 heavy (non-hydrogen) atoms. The first-order chi connectivity index (χ1) is 16.3. The van der Waals surface area contributed by atoms with Crippen LogP contribution in [0.4, 0.5) is 0 Å². The lowest BCUT2D eigenvalue weighted by Gasteiger charge is -2.24. The second-order valence-electron chi connectivity index (χ2n) is 10.9. The van der Waals surface area contributed by atoms with Crippen molar-refractivity contribution in [1.29, 1.82) is 0 Å². The van der Waals surface area contributed by atoms with E-state index in [1.807, 2.05) is 27.2 Å². The Kier molecular flexibility index (Phi) is 23.1. The predicted octanol–water partition coefficient (Wildman–Crippen LogP) is 8.81. The van der Waals surface area contributed by atoms with Gasteiger partial charge >= 0.3 is 7.82 Å². The number of hydrogen-bond acceptors (Lipinski definition) is 3. The summed E-state index contributed by atoms with van der Waals surface area (Å²) in [4.78, 5) is 9.68. The topological polar surface area (TPSA) is 55.8 Å². The Morgan fingerprint density at radius 2 is 0.941 bits per heavy atom. The summed E-state index contributed by atoms with van der Waals surface area (Å²) in [6.45, 7) is 4.98. The van der Waals surface area contributed by atoms with Crippen molar-refractivity contribution in [3.8, 4) is 0 Å². The van der Waals surface area contributed by atoms with Crippen LogP contribution in [-0.4, -0.2) is 50.3 Å². The molecule has 6 heteroatoms. The minimum atomic E-state index is -3.89. The summed E-state index contributed by atoms with van der Waals surface area (Å²) < 4.78 is 22.6. The second-order valence-corrected chi connectivity index (χ2v) is 12.4. The van der Waals surface area contributed by atoms with Gasteiger partial charge in [-0.3, -0.25) is 9.05 Å². The van der Waals surface area contributed by atoms with E-state index in [-0.39, 0.29) is 6.61 Å². The molecular formula is C28H59NO4P+. The first-order valence-electron chi connectivity index (χ1n) is 14.3. The van der Waals surface area contributed by atoms with Gasteiger partial charge in [0.25, 0.3) is 0 Å². The number of unbranched alkanes of at least 4 members (excludes halogenated alkanes) is 19. The highest BCUT2D eigenvalue weighted by atomic mass is 31.2. The lowest BCUT2D eigenvalue weighted by Crippen LogP contribution is -2.37. The van der Waals surface area contributed by atoms with Crippen LogP contribution in [-0.2, 0) is 13.6 Å². The maximum absolute atomic E-state index is 11.8. The van der Waals surface area contributed by atoms with E-state index in [1.165, 1.54) is 116 Å². The minimum absolute atomic E-state index is 0.231. The highest BCUT2D eigenvalue weighted by Crippen LogP contribution is 2.43. The van der Waals surface area contributed by atoms with Crippen molar-refractivity contribution in [2.75, 3.05) is 40.9 Å². The molecule has 0 aliphatic rings. The van der Waals surface area contributed by atoms with Crippen LogP contribution in [0.5, 0.6) is 0 Å². The minimum Gasteiger partial charge on any atom is -0.329 e. The molecule has 0 amide bonds. The van der Waals surface area contributed by atoms with Crippen LogP contribution in [0, 0.1) is 0 Å². The third kappa shape index (κ3) is 28.1. The monoisotopic (exact) mass is 504 g/mol. The third-order valence-electron chi connectivity index (χ3n) is 6.32. The summed E-state index contributed by atoms with van der Waals surface area (Å²) >= 11 is 0. The van der Waals surface area contributed by atoms with E-state index in [4.69, 9.17) is 9.05 Å². The lowest BCUT2D eigenvalue weighted by atomic mass is 10.0. The summed E-state index contributed by atoms with van der Waals surface area (Å²) in [7, 11) is 2.17. The van der Waals surface area contributed by atoms with Crippen LogP contribution in [0.3, 0.4) is 0 Å². The summed E-state index contributed by atoms with van der Waals surface area (Å²) in [5.41, 5.74) is 0. The Hall–Kier alpha value is -0.190. The summed E-state index contributed by atoms with van der Waals surface area (Å²) in [6.07, 6.45) is 28.4. The molecule has 0 bridgehead atoms. The number of quaternary nitrogens is 1. The van der Waals surface area contributed by atoms with Gasteiger partial charge in [0, 0.05) is 0 Å². The van der Waals surface area contributed by atoms with E-state index < -0.39 is 7.82 Å². The molecule has 0 saturated carbocycles. The Labute approximate surface area is 212 Å². The van der Waals surface area contributed by atoms with Gasteiger partial charge in [-0.05, 0) is 19.3 Å². The highest BCUT2D eigenvalue weighted by Gasteiger charge is 2.21. The molecular weight excluding hydrogens is 445 g/mol. The summed E-state index contributed by atoms with van der Waals surface area (Å²) in [6, 6.07) is 0. The molecule has 0 spiro atoms. The van der Waals surface area contributed by atoms with Gasteiger partial charge in [0.15, 0.2) is 0 Å². The molecule has 1 N–H and O–H groups in total. The van der Waals surface area contributed by atoms with Crippen LogP contribution in [0.25, 0.3) is 0 Å². The van der Waals surface area contributed by atoms with E-state index in [9.17, 15) is 9.46 Å². The Morgan fingerprint density at radius 3 is 1.29 bits per heavy atom. The van der Waals surface area contributed by atoms with Crippen LogP contribution < -0.4 is 0 Å². The number of nitrogens with zero attached hydrogens (tertiary/aromatic N) is 1. The van der Waals surface area contributed by atoms with Gasteiger partial charge in [-0.2, -0.15) is 0 Å². The number of hydrogen-bond donors (Lipinski definition) is 1. The largest absolute Gasteiger partial charge is 0.472 e. The van der Waals surface area contributed by atoms with Crippen LogP contribution in [0.15, 0.2) is 12.7 Å². The summed E-state index contributed by atoms with van der Waals surface area (Å²) in [5, 5.41) is 0. The van der Waals surface area contributed by atoms with Gasteiger partial charge < -0.3 is 9.38 Å². The maximum Gasteiger partial charge on any atom is 0.472 e. The van der Waals surface area contributed by atoms with Gasteiger partial charge in [-0.15, -0.1) is 6.58 Å². The van der Waals surface area contributed by atoms with Gasteiger partial charge in [-0.1, -0.05) is 115 Å². The lowest BCUT2D eigenvalue weighted by molar-refractivity contribution is -0.870. The van der Waals surface area contributed by atoms with E-state index in [1.54, 1.807) is 0 Å². The van der Waals surface area contributed by atoms with Gasteiger partial charge in [0.05, 0.1) is 27.7 Å². The molecule has 0 fully saturated rings. The van der Waals surface area contributed by atoms with Crippen LogP contribution in [0.1, 0.15) is 128 Å². The fraction of sp³-hybridized carbons (Fsp3) is 0.929. The van der Waals surface area contributed by atoms with Gasteiger partial charge in [-0.25, -0.2) is 4.57 Å². The first-order valence-corrected chi connectivity index (χ1v) is 15.8. The van der Waals surface area contributed by atoms with Crippen molar-refractivity contribution >= 4 is 7.82 Å². The van der Waals surface area contributed by atoms with E-state index in [0.717, 1.165) is 12.8 Å². The molecule has 0 heterocycles. The Balaban J connectivity index is 3.23. The van der Waals surface area contributed by atoms with Crippen molar-refractivity contribution in [2.24, 2.45) is 0 Å². The number of phosphoric acid groups is 1. The molecule has 0 aromatic carbocycles. The van der Waals surface area contributed by atoms with E-state index in [2.05, 4.69) is 6.58 Å². The molecule has 0 rings (SSSR count). The quantitative estimate of drug-likeness (QED) is 0.0525. The summed E-state index contributed by atoms with van der Waals surface area (Å²) in [5.74, 6) is 0. The molecule has 0 aromatic rings. The van der Waals surface area contributed by atoms with Gasteiger partial charge in [0.1, 0.15) is 13.2 Å². The normalized spacial score (nSPS) is 13.8. The van der Waals surface area contributed by atoms with E-state index in [0.29, 0.717) is 17.6 Å². The van der Waals surface area contributed by atoms with Gasteiger partial charge in [0.2, 0.25) is 0 Å². The zero-order chi connectivity index (χ0) is 25.4. The van der Waals surface area contributed by atoms with Crippen molar-refractivity contribution in [2.45, 2.75) is 128 Å². The zero-order valence-corrected chi connectivity index (χ0v) is 24.0. The fourth-order valence-electron chi connectivity index (χ4n) is 4.04. The van der Waals surface area contributed by atoms with Crippen molar-refractivity contribution in [3.63, 3.8) is 0 Å². The number of allylic oxidation sites excluding steroid dienone is 1. The standard InChI is InChI=1S/C28H58NO4P/c1-5-6-7-8-9-10-11-12-13-14-15-16-17-18-19-20-21-22-23-24-25-27-32-34(30,31)33-28-26-29(2,3)4/h5H,1,6-28H2,2-4H3/p+1. The third-order valence-corrected chi connectivity index (χ3v) is 7.34. The maximum atomic E-state index is 11.8. The average molecular weight is 505 g/mol. The second kappa shape index (κ2) is 23.2. The van der Waals surface area contributed by atoms with Crippen LogP contribution >= 0.6 is 7.82 Å². The molecule has 5 nitrogen and oxygen atoms in total. The molecule has 0 radical (unpaired) electrons. The molecule has 0 aliphatic heterocycles. The molecule has 1 atom stereocenters. The Morgan fingerprint density at radius 1 is 0.618 bits per heavy atom. The first kappa shape index (κ1) is 33.8. The van der Waals surface area contributed by atoms with Crippen molar-refractivity contribution < 1.29 is 23.0 Å². The number of likely N-dealkylation sites (N-methyl/N-ethyl adjacent to an activating group) is 1. The number of phosphoric ester groups is 1. The zero-order valence-electron chi connectivity index (χ0n) is 23.1. The predicted molar refractivity (Wildman–Crippen MR) is 147 cm³/mol. The molecule has 0 saturated heterocycles. The number of rotatable bonds is 27. The molecule has 0 aromatic heterocycles. The molecule has 0 aliphatic carbocycles. The average Bonchev–Trinajstić information content (AvgIpc) is 2.76. The fourth-order valence-corrected chi connectivity index (χ4v) is 4.79. The van der Waals surface area contributed by atoms with E-state index >= 15 is 0 Å². The Bertz CT molecular complexity index is 493. The van der Waals surface area contributed by atoms with Crippen molar-refractivity contribution in [3.05, 3.63) is 12.7 Å². The van der Waals surface area contributed by atoms with Crippen LogP contribution in [0.2, 0.25) is 0 Å². The SMILES string of the molecule is C=CCCCCCCCCCCCCCCCCCCCCCOP(=O)(O)OCC[N+](C)(C)C. The highest BCUT2D eigenvalue weighted by molar-refractivity contribution is 7.47. The van der Waals surface area contributed by atoms with Crippen molar-refractivity contribution in [1.82, 2.24) is 0 Å². The smallest absolute Gasteiger partial charge is 0.329 e.